The van der Waals surface area contributed by atoms with Crippen molar-refractivity contribution in [2.45, 2.75) is 84.1 Å². The van der Waals surface area contributed by atoms with Crippen LogP contribution in [-0.4, -0.2) is 4.98 Å². The van der Waals surface area contributed by atoms with Crippen LogP contribution in [0.25, 0.3) is 0 Å². The standard InChI is InChI=1S/C17H30N2S/c1-12(2)11-14-15(13(3)4)20-16(19-14)17(18)9-7-5-6-8-10-17/h12-13H,5-11,18H2,1-4H3. The first-order valence-electron chi connectivity index (χ1n) is 8.21. The van der Waals surface area contributed by atoms with Gasteiger partial charge in [0.2, 0.25) is 0 Å². The van der Waals surface area contributed by atoms with Gasteiger partial charge in [0.05, 0.1) is 11.2 Å². The van der Waals surface area contributed by atoms with Crippen molar-refractivity contribution in [1.29, 1.82) is 0 Å². The fraction of sp³-hybridized carbons (Fsp3) is 0.824. The van der Waals surface area contributed by atoms with Crippen molar-refractivity contribution >= 4 is 11.3 Å². The van der Waals surface area contributed by atoms with Crippen LogP contribution in [0.3, 0.4) is 0 Å². The first-order chi connectivity index (χ1) is 9.42. The van der Waals surface area contributed by atoms with Gasteiger partial charge in [0.1, 0.15) is 5.01 Å². The molecule has 0 spiro atoms. The van der Waals surface area contributed by atoms with Crippen LogP contribution >= 0.6 is 11.3 Å². The molecular weight excluding hydrogens is 264 g/mol. The molecule has 114 valence electrons. The van der Waals surface area contributed by atoms with E-state index in [9.17, 15) is 0 Å². The lowest BCUT2D eigenvalue weighted by atomic mass is 9.92. The lowest BCUT2D eigenvalue weighted by Crippen LogP contribution is -2.35. The molecule has 0 atom stereocenters. The van der Waals surface area contributed by atoms with E-state index < -0.39 is 0 Å². The van der Waals surface area contributed by atoms with Crippen LogP contribution in [0.2, 0.25) is 0 Å². The van der Waals surface area contributed by atoms with Gasteiger partial charge in [-0.3, -0.25) is 0 Å². The lowest BCUT2D eigenvalue weighted by Gasteiger charge is -2.25. The number of thiazole rings is 1. The van der Waals surface area contributed by atoms with Crippen molar-refractivity contribution < 1.29 is 0 Å². The average molecular weight is 295 g/mol. The van der Waals surface area contributed by atoms with E-state index in [2.05, 4.69) is 27.7 Å². The SMILES string of the molecule is CC(C)Cc1nc(C2(N)CCCCCC2)sc1C(C)C. The van der Waals surface area contributed by atoms with Crippen LogP contribution in [0.15, 0.2) is 0 Å². The van der Waals surface area contributed by atoms with Crippen molar-refractivity contribution in [2.24, 2.45) is 11.7 Å². The minimum Gasteiger partial charge on any atom is -0.319 e. The van der Waals surface area contributed by atoms with Crippen molar-refractivity contribution in [3.63, 3.8) is 0 Å². The van der Waals surface area contributed by atoms with Gasteiger partial charge in [-0.05, 0) is 31.1 Å². The molecule has 1 fully saturated rings. The molecule has 2 rings (SSSR count). The van der Waals surface area contributed by atoms with Crippen LogP contribution in [0.4, 0.5) is 0 Å². The highest BCUT2D eigenvalue weighted by atomic mass is 32.1. The molecule has 1 saturated carbocycles. The highest BCUT2D eigenvalue weighted by Gasteiger charge is 2.32. The third-order valence-electron chi connectivity index (χ3n) is 4.28. The molecule has 0 unspecified atom stereocenters. The summed E-state index contributed by atoms with van der Waals surface area (Å²) in [7, 11) is 0. The maximum atomic E-state index is 6.74. The van der Waals surface area contributed by atoms with Gasteiger partial charge in [0, 0.05) is 4.88 Å². The van der Waals surface area contributed by atoms with E-state index in [-0.39, 0.29) is 5.54 Å². The van der Waals surface area contributed by atoms with Gasteiger partial charge in [0.25, 0.3) is 0 Å². The van der Waals surface area contributed by atoms with E-state index in [1.54, 1.807) is 0 Å². The monoisotopic (exact) mass is 294 g/mol. The fourth-order valence-electron chi connectivity index (χ4n) is 3.13. The smallest absolute Gasteiger partial charge is 0.113 e. The Hall–Kier alpha value is -0.410. The number of nitrogens with zero attached hydrogens (tertiary/aromatic N) is 1. The van der Waals surface area contributed by atoms with Crippen molar-refractivity contribution in [3.05, 3.63) is 15.6 Å². The van der Waals surface area contributed by atoms with Crippen LogP contribution in [-0.2, 0) is 12.0 Å². The number of aromatic nitrogens is 1. The topological polar surface area (TPSA) is 38.9 Å². The van der Waals surface area contributed by atoms with Gasteiger partial charge in [-0.25, -0.2) is 4.98 Å². The Bertz CT molecular complexity index is 426. The summed E-state index contributed by atoms with van der Waals surface area (Å²) in [6.07, 6.45) is 8.48. The third kappa shape index (κ3) is 3.62. The summed E-state index contributed by atoms with van der Waals surface area (Å²) < 4.78 is 0. The zero-order valence-electron chi connectivity index (χ0n) is 13.5. The molecule has 0 aromatic carbocycles. The molecule has 0 radical (unpaired) electrons. The highest BCUT2D eigenvalue weighted by molar-refractivity contribution is 7.12. The molecule has 2 N–H and O–H groups in total. The molecule has 0 amide bonds. The first kappa shape index (κ1) is 16.0. The summed E-state index contributed by atoms with van der Waals surface area (Å²) in [5.74, 6) is 1.22. The second kappa shape index (κ2) is 6.57. The summed E-state index contributed by atoms with van der Waals surface area (Å²) in [5.41, 5.74) is 7.90. The van der Waals surface area contributed by atoms with Gasteiger partial charge in [0.15, 0.2) is 0 Å². The third-order valence-corrected chi connectivity index (χ3v) is 5.89. The van der Waals surface area contributed by atoms with Crippen molar-refractivity contribution in [2.75, 3.05) is 0 Å². The molecule has 2 nitrogen and oxygen atoms in total. The number of hydrogen-bond donors (Lipinski definition) is 1. The molecule has 1 heterocycles. The second-order valence-corrected chi connectivity index (χ2v) is 8.18. The minimum absolute atomic E-state index is 0.153. The molecule has 0 saturated heterocycles. The Morgan fingerprint density at radius 3 is 2.20 bits per heavy atom. The van der Waals surface area contributed by atoms with Gasteiger partial charge in [-0.1, -0.05) is 53.4 Å². The summed E-state index contributed by atoms with van der Waals surface area (Å²) in [6.45, 7) is 9.09. The normalized spacial score (nSPS) is 19.6. The summed E-state index contributed by atoms with van der Waals surface area (Å²) in [4.78, 5) is 6.46. The average Bonchev–Trinajstić information content (AvgIpc) is 2.65. The first-order valence-corrected chi connectivity index (χ1v) is 9.03. The fourth-order valence-corrected chi connectivity index (χ4v) is 4.39. The van der Waals surface area contributed by atoms with E-state index in [1.165, 1.54) is 41.3 Å². The minimum atomic E-state index is -0.153. The molecule has 1 aromatic heterocycles. The van der Waals surface area contributed by atoms with Gasteiger partial charge in [-0.15, -0.1) is 11.3 Å². The molecular formula is C17H30N2S. The number of rotatable bonds is 4. The number of hydrogen-bond acceptors (Lipinski definition) is 3. The van der Waals surface area contributed by atoms with E-state index >= 15 is 0 Å². The molecule has 0 bridgehead atoms. The van der Waals surface area contributed by atoms with Gasteiger partial charge >= 0.3 is 0 Å². The van der Waals surface area contributed by atoms with Crippen LogP contribution in [0.5, 0.6) is 0 Å². The van der Waals surface area contributed by atoms with E-state index in [1.807, 2.05) is 11.3 Å². The van der Waals surface area contributed by atoms with Gasteiger partial charge in [-0.2, -0.15) is 0 Å². The Kier molecular flexibility index (Phi) is 5.25. The largest absolute Gasteiger partial charge is 0.319 e. The Morgan fingerprint density at radius 2 is 1.70 bits per heavy atom. The van der Waals surface area contributed by atoms with E-state index in [0.717, 1.165) is 19.3 Å². The van der Waals surface area contributed by atoms with Crippen molar-refractivity contribution in [1.82, 2.24) is 4.98 Å². The predicted molar refractivity (Wildman–Crippen MR) is 88.3 cm³/mol. The summed E-state index contributed by atoms with van der Waals surface area (Å²) >= 11 is 1.89. The molecule has 1 aliphatic carbocycles. The van der Waals surface area contributed by atoms with Crippen LogP contribution < -0.4 is 5.73 Å². The number of nitrogens with two attached hydrogens (primary N) is 1. The van der Waals surface area contributed by atoms with E-state index in [4.69, 9.17) is 10.7 Å². The quantitative estimate of drug-likeness (QED) is 0.796. The van der Waals surface area contributed by atoms with E-state index in [0.29, 0.717) is 11.8 Å². The molecule has 1 aromatic rings. The molecule has 1 aliphatic rings. The van der Waals surface area contributed by atoms with Crippen molar-refractivity contribution in [3.8, 4) is 0 Å². The molecule has 0 aliphatic heterocycles. The van der Waals surface area contributed by atoms with Crippen LogP contribution in [0.1, 0.15) is 87.7 Å². The Balaban J connectivity index is 2.31. The summed E-state index contributed by atoms with van der Waals surface area (Å²) in [5, 5.41) is 1.21. The highest BCUT2D eigenvalue weighted by Crippen LogP contribution is 2.39. The second-order valence-electron chi connectivity index (χ2n) is 7.15. The van der Waals surface area contributed by atoms with Crippen LogP contribution in [0, 0.1) is 5.92 Å². The van der Waals surface area contributed by atoms with Gasteiger partial charge < -0.3 is 5.73 Å². The maximum Gasteiger partial charge on any atom is 0.113 e. The zero-order valence-corrected chi connectivity index (χ0v) is 14.4. The summed E-state index contributed by atoms with van der Waals surface area (Å²) in [6, 6.07) is 0. The predicted octanol–water partition coefficient (Wildman–Crippen LogP) is 4.97. The zero-order chi connectivity index (χ0) is 14.8. The Morgan fingerprint density at radius 1 is 1.10 bits per heavy atom. The molecule has 3 heteroatoms. The Labute approximate surface area is 128 Å². The maximum absolute atomic E-state index is 6.74. The lowest BCUT2D eigenvalue weighted by molar-refractivity contribution is 0.382. The molecule has 20 heavy (non-hydrogen) atoms.